The lowest BCUT2D eigenvalue weighted by Gasteiger charge is -2.26. The average Bonchev–Trinajstić information content (AvgIpc) is 2.94. The van der Waals surface area contributed by atoms with Crippen LogP contribution in [0.15, 0.2) is 72.8 Å². The van der Waals surface area contributed by atoms with Crippen molar-refractivity contribution < 1.29 is 24.2 Å². The van der Waals surface area contributed by atoms with E-state index in [2.05, 4.69) is 10.6 Å². The van der Waals surface area contributed by atoms with Gasteiger partial charge in [0.25, 0.3) is 0 Å². The van der Waals surface area contributed by atoms with Crippen molar-refractivity contribution in [1.29, 1.82) is 0 Å². The number of benzene rings is 2. The number of aliphatic hydroxyl groups excluding tert-OH is 1. The van der Waals surface area contributed by atoms with Gasteiger partial charge in [-0.1, -0.05) is 86.7 Å². The highest BCUT2D eigenvalue weighted by atomic mass is 16.5. The van der Waals surface area contributed by atoms with Crippen LogP contribution in [0.5, 0.6) is 0 Å². The Morgan fingerprint density at radius 2 is 1.67 bits per heavy atom. The van der Waals surface area contributed by atoms with Gasteiger partial charge in [-0.25, -0.2) is 0 Å². The third-order valence-electron chi connectivity index (χ3n) is 7.18. The maximum absolute atomic E-state index is 13.3. The van der Waals surface area contributed by atoms with Crippen LogP contribution in [0.4, 0.5) is 0 Å². The highest BCUT2D eigenvalue weighted by Gasteiger charge is 2.28. The highest BCUT2D eigenvalue weighted by Crippen LogP contribution is 2.20. The molecule has 1 heterocycles. The fourth-order valence-corrected chi connectivity index (χ4v) is 4.72. The highest BCUT2D eigenvalue weighted by molar-refractivity contribution is 5.86. The molecule has 3 rings (SSSR count). The molecule has 210 valence electrons. The van der Waals surface area contributed by atoms with Crippen molar-refractivity contribution in [2.45, 2.75) is 64.5 Å². The van der Waals surface area contributed by atoms with Crippen molar-refractivity contribution in [2.24, 2.45) is 17.8 Å². The van der Waals surface area contributed by atoms with E-state index in [1.807, 2.05) is 86.7 Å². The van der Waals surface area contributed by atoms with Gasteiger partial charge in [0.05, 0.1) is 30.5 Å². The van der Waals surface area contributed by atoms with E-state index in [0.717, 1.165) is 11.1 Å². The number of amides is 2. The third-order valence-corrected chi connectivity index (χ3v) is 7.18. The van der Waals surface area contributed by atoms with Crippen molar-refractivity contribution in [1.82, 2.24) is 10.6 Å². The van der Waals surface area contributed by atoms with Gasteiger partial charge in [0, 0.05) is 6.42 Å². The van der Waals surface area contributed by atoms with Crippen LogP contribution < -0.4 is 10.6 Å². The first-order chi connectivity index (χ1) is 18.9. The maximum Gasteiger partial charge on any atom is 0.309 e. The molecule has 0 saturated heterocycles. The Kier molecular flexibility index (Phi) is 12.2. The van der Waals surface area contributed by atoms with Crippen LogP contribution in [-0.4, -0.2) is 48.2 Å². The van der Waals surface area contributed by atoms with Crippen molar-refractivity contribution in [3.8, 4) is 0 Å². The molecule has 1 aliphatic heterocycles. The molecule has 0 bridgehead atoms. The molecule has 0 radical (unpaired) electrons. The van der Waals surface area contributed by atoms with Gasteiger partial charge in [0.2, 0.25) is 11.8 Å². The van der Waals surface area contributed by atoms with Gasteiger partial charge in [-0.15, -0.1) is 0 Å². The largest absolute Gasteiger partial charge is 0.463 e. The molecule has 7 nitrogen and oxygen atoms in total. The zero-order chi connectivity index (χ0) is 28.0. The molecule has 0 aliphatic carbocycles. The first-order valence-electron chi connectivity index (χ1n) is 14.0. The molecule has 0 unspecified atom stereocenters. The second kappa shape index (κ2) is 15.8. The van der Waals surface area contributed by atoms with Crippen LogP contribution in [0.25, 0.3) is 0 Å². The lowest BCUT2D eigenvalue weighted by molar-refractivity contribution is -0.150. The summed E-state index contributed by atoms with van der Waals surface area (Å²) in [5.74, 6) is -1.59. The van der Waals surface area contributed by atoms with Crippen molar-refractivity contribution in [2.75, 3.05) is 13.2 Å². The number of aliphatic hydroxyl groups is 1. The Morgan fingerprint density at radius 3 is 2.31 bits per heavy atom. The summed E-state index contributed by atoms with van der Waals surface area (Å²) in [5, 5.41) is 15.7. The lowest BCUT2D eigenvalue weighted by atomic mass is 9.94. The standard InChI is InChI=1S/C32H42N2O5/c1-23(2)29-22-39-32(38)27(18-24-12-6-3-7-13-24)17-11-5-10-16-26(31(37)34-29)20-30(36)33-28(21-35)19-25-14-8-4-9-15-25/h3-10,12-15,23,26-29,35H,11,16-22H2,1-2H3,(H,33,36)(H,34,37)/t26-,27-,28+,29-/m1/s1. The first kappa shape index (κ1) is 30.1. The molecular weight excluding hydrogens is 492 g/mol. The van der Waals surface area contributed by atoms with Crippen LogP contribution in [0.2, 0.25) is 0 Å². The zero-order valence-corrected chi connectivity index (χ0v) is 23.1. The van der Waals surface area contributed by atoms with Crippen LogP contribution in [0.3, 0.4) is 0 Å². The van der Waals surface area contributed by atoms with Crippen LogP contribution in [0, 0.1) is 17.8 Å². The van der Waals surface area contributed by atoms with E-state index in [0.29, 0.717) is 32.1 Å². The molecule has 2 amide bonds. The molecule has 3 N–H and O–H groups in total. The molecular formula is C32H42N2O5. The molecule has 0 fully saturated rings. The third kappa shape index (κ3) is 10.3. The Balaban J connectivity index is 1.67. The minimum atomic E-state index is -0.574. The molecule has 4 atom stereocenters. The minimum absolute atomic E-state index is 0.00268. The van der Waals surface area contributed by atoms with Gasteiger partial charge in [-0.05, 0) is 49.1 Å². The van der Waals surface area contributed by atoms with E-state index in [-0.39, 0.29) is 55.3 Å². The molecule has 0 aromatic heterocycles. The van der Waals surface area contributed by atoms with Crippen molar-refractivity contribution in [3.63, 3.8) is 0 Å². The first-order valence-corrected chi connectivity index (χ1v) is 14.0. The van der Waals surface area contributed by atoms with E-state index in [9.17, 15) is 19.5 Å². The van der Waals surface area contributed by atoms with Gasteiger partial charge in [0.15, 0.2) is 0 Å². The molecule has 2 aromatic rings. The SMILES string of the molecule is CC(C)[C@H]1COC(=O)[C@@H](Cc2ccccc2)CCC=CC[C@H](CC(=O)N[C@H](CO)Cc2ccccc2)C(=O)N1. The van der Waals surface area contributed by atoms with Crippen LogP contribution in [0.1, 0.15) is 50.7 Å². The maximum atomic E-state index is 13.3. The smallest absolute Gasteiger partial charge is 0.309 e. The number of carbonyl (C=O) groups is 3. The van der Waals surface area contributed by atoms with E-state index in [1.54, 1.807) is 0 Å². The topological polar surface area (TPSA) is 105 Å². The van der Waals surface area contributed by atoms with E-state index < -0.39 is 12.0 Å². The number of esters is 1. The number of allylic oxidation sites excluding steroid dienone is 2. The molecule has 39 heavy (non-hydrogen) atoms. The molecule has 7 heteroatoms. The van der Waals surface area contributed by atoms with Crippen molar-refractivity contribution >= 4 is 17.8 Å². The molecule has 1 aliphatic rings. The predicted molar refractivity (Wildman–Crippen MR) is 152 cm³/mol. The summed E-state index contributed by atoms with van der Waals surface area (Å²) in [5.41, 5.74) is 2.10. The van der Waals surface area contributed by atoms with Gasteiger partial charge in [-0.3, -0.25) is 14.4 Å². The number of rotatable bonds is 9. The van der Waals surface area contributed by atoms with E-state index in [1.165, 1.54) is 0 Å². The van der Waals surface area contributed by atoms with Crippen molar-refractivity contribution in [3.05, 3.63) is 83.9 Å². The Morgan fingerprint density at radius 1 is 1.00 bits per heavy atom. The van der Waals surface area contributed by atoms with Gasteiger partial charge in [-0.2, -0.15) is 0 Å². The summed E-state index contributed by atoms with van der Waals surface area (Å²) in [4.78, 5) is 39.2. The fourth-order valence-electron chi connectivity index (χ4n) is 4.72. The number of hydrogen-bond donors (Lipinski definition) is 3. The molecule has 0 saturated carbocycles. The Labute approximate surface area is 232 Å². The number of nitrogens with one attached hydrogen (secondary N) is 2. The summed E-state index contributed by atoms with van der Waals surface area (Å²) >= 11 is 0. The molecule has 2 aromatic carbocycles. The summed E-state index contributed by atoms with van der Waals surface area (Å²) in [6.07, 6.45) is 6.73. The summed E-state index contributed by atoms with van der Waals surface area (Å²) in [6.45, 7) is 3.83. The Hall–Kier alpha value is -3.45. The minimum Gasteiger partial charge on any atom is -0.463 e. The molecule has 0 spiro atoms. The number of hydrogen-bond acceptors (Lipinski definition) is 5. The van der Waals surface area contributed by atoms with Gasteiger partial charge in [0.1, 0.15) is 6.61 Å². The van der Waals surface area contributed by atoms with Crippen LogP contribution >= 0.6 is 0 Å². The summed E-state index contributed by atoms with van der Waals surface area (Å²) < 4.78 is 5.72. The lowest BCUT2D eigenvalue weighted by Crippen LogP contribution is -2.46. The Bertz CT molecular complexity index is 1070. The van der Waals surface area contributed by atoms with E-state index >= 15 is 0 Å². The zero-order valence-electron chi connectivity index (χ0n) is 23.1. The van der Waals surface area contributed by atoms with Gasteiger partial charge >= 0.3 is 5.97 Å². The second-order valence-corrected chi connectivity index (χ2v) is 10.7. The number of carbonyl (C=O) groups excluding carboxylic acids is 3. The van der Waals surface area contributed by atoms with Crippen LogP contribution in [-0.2, 0) is 32.0 Å². The number of cyclic esters (lactones) is 1. The monoisotopic (exact) mass is 534 g/mol. The quantitative estimate of drug-likeness (QED) is 0.333. The second-order valence-electron chi connectivity index (χ2n) is 10.7. The van der Waals surface area contributed by atoms with Gasteiger partial charge < -0.3 is 20.5 Å². The predicted octanol–water partition coefficient (Wildman–Crippen LogP) is 4.00. The van der Waals surface area contributed by atoms with E-state index in [4.69, 9.17) is 4.74 Å². The average molecular weight is 535 g/mol. The summed E-state index contributed by atoms with van der Waals surface area (Å²) in [6, 6.07) is 18.8. The number of ether oxygens (including phenoxy) is 1. The normalized spacial score (nSPS) is 21.6. The summed E-state index contributed by atoms with van der Waals surface area (Å²) in [7, 11) is 0. The fraction of sp³-hybridized carbons (Fsp3) is 0.469.